The molecular weight excluding hydrogens is 217 g/mol. The topological polar surface area (TPSA) is 29.3 Å². The van der Waals surface area contributed by atoms with E-state index in [0.717, 1.165) is 25.7 Å². The number of alkyl halides is 3. The Morgan fingerprint density at radius 1 is 1.25 bits per heavy atom. The second-order valence-corrected chi connectivity index (χ2v) is 4.73. The number of hydrogen-bond acceptors (Lipinski definition) is 2. The fourth-order valence-electron chi connectivity index (χ4n) is 2.65. The highest BCUT2D eigenvalue weighted by atomic mass is 19.4. The molecule has 1 rings (SSSR count). The van der Waals surface area contributed by atoms with Crippen molar-refractivity contribution in [3.05, 3.63) is 0 Å². The molecule has 96 valence electrons. The molecule has 0 radical (unpaired) electrons. The summed E-state index contributed by atoms with van der Waals surface area (Å²) in [7, 11) is 1.53. The van der Waals surface area contributed by atoms with E-state index in [0.29, 0.717) is 12.5 Å². The van der Waals surface area contributed by atoms with Crippen LogP contribution in [0.2, 0.25) is 0 Å². The van der Waals surface area contributed by atoms with E-state index in [4.69, 9.17) is 5.73 Å². The molecule has 0 amide bonds. The second-order valence-electron chi connectivity index (χ2n) is 4.73. The minimum atomic E-state index is -4.13. The highest BCUT2D eigenvalue weighted by Gasteiger charge is 2.34. The molecule has 0 aromatic rings. The van der Waals surface area contributed by atoms with E-state index >= 15 is 0 Å². The summed E-state index contributed by atoms with van der Waals surface area (Å²) in [6.07, 6.45) is 1.36. The van der Waals surface area contributed by atoms with Crippen molar-refractivity contribution in [3.63, 3.8) is 0 Å². The van der Waals surface area contributed by atoms with Gasteiger partial charge in [-0.25, -0.2) is 0 Å². The number of nitrogens with zero attached hydrogens (tertiary/aromatic N) is 1. The van der Waals surface area contributed by atoms with E-state index in [9.17, 15) is 13.2 Å². The molecule has 0 saturated heterocycles. The van der Waals surface area contributed by atoms with E-state index in [-0.39, 0.29) is 6.04 Å². The van der Waals surface area contributed by atoms with Gasteiger partial charge in [-0.1, -0.05) is 19.3 Å². The van der Waals surface area contributed by atoms with Crippen molar-refractivity contribution < 1.29 is 13.2 Å². The lowest BCUT2D eigenvalue weighted by atomic mass is 9.83. The fraction of sp³-hybridized carbons (Fsp3) is 1.00. The molecule has 0 aromatic carbocycles. The lowest BCUT2D eigenvalue weighted by Crippen LogP contribution is -2.47. The van der Waals surface area contributed by atoms with Gasteiger partial charge in [-0.15, -0.1) is 0 Å². The van der Waals surface area contributed by atoms with Crippen LogP contribution in [0.5, 0.6) is 0 Å². The van der Waals surface area contributed by atoms with Gasteiger partial charge >= 0.3 is 6.18 Å². The Balaban J connectivity index is 2.51. The standard InChI is InChI=1S/C11H21F3N2/c1-16(8-11(12,13)14)10(7-15)9-5-3-2-4-6-9/h9-10H,2-8,15H2,1H3. The molecule has 2 nitrogen and oxygen atoms in total. The first-order valence-electron chi connectivity index (χ1n) is 5.91. The second kappa shape index (κ2) is 5.87. The molecular formula is C11H21F3N2. The quantitative estimate of drug-likeness (QED) is 0.814. The number of hydrogen-bond donors (Lipinski definition) is 1. The molecule has 0 aromatic heterocycles. The number of rotatable bonds is 4. The van der Waals surface area contributed by atoms with Crippen LogP contribution in [-0.4, -0.2) is 37.3 Å². The molecule has 1 atom stereocenters. The van der Waals surface area contributed by atoms with E-state index in [1.165, 1.54) is 18.4 Å². The Morgan fingerprint density at radius 2 is 1.81 bits per heavy atom. The van der Waals surface area contributed by atoms with Crippen molar-refractivity contribution in [3.8, 4) is 0 Å². The smallest absolute Gasteiger partial charge is 0.329 e. The minimum absolute atomic E-state index is 0.123. The summed E-state index contributed by atoms with van der Waals surface area (Å²) in [5, 5.41) is 0. The van der Waals surface area contributed by atoms with Gasteiger partial charge in [-0.05, 0) is 25.8 Å². The predicted molar refractivity (Wildman–Crippen MR) is 58.1 cm³/mol. The Labute approximate surface area is 95.0 Å². The van der Waals surface area contributed by atoms with Crippen molar-refractivity contribution in [2.75, 3.05) is 20.1 Å². The van der Waals surface area contributed by atoms with Gasteiger partial charge in [-0.2, -0.15) is 13.2 Å². The van der Waals surface area contributed by atoms with Crippen molar-refractivity contribution in [2.24, 2.45) is 11.7 Å². The first kappa shape index (κ1) is 13.8. The van der Waals surface area contributed by atoms with Gasteiger partial charge in [0.05, 0.1) is 6.54 Å². The molecule has 1 unspecified atom stereocenters. The maximum absolute atomic E-state index is 12.3. The van der Waals surface area contributed by atoms with Gasteiger partial charge in [0.15, 0.2) is 0 Å². The highest BCUT2D eigenvalue weighted by molar-refractivity contribution is 4.82. The van der Waals surface area contributed by atoms with Crippen LogP contribution in [0, 0.1) is 5.92 Å². The average molecular weight is 238 g/mol. The Kier molecular flexibility index (Phi) is 5.05. The van der Waals surface area contributed by atoms with Crippen molar-refractivity contribution in [2.45, 2.75) is 44.3 Å². The first-order valence-corrected chi connectivity index (χ1v) is 5.91. The lowest BCUT2D eigenvalue weighted by molar-refractivity contribution is -0.149. The zero-order valence-electron chi connectivity index (χ0n) is 9.76. The molecule has 1 aliphatic rings. The lowest BCUT2D eigenvalue weighted by Gasteiger charge is -2.36. The molecule has 0 bridgehead atoms. The monoisotopic (exact) mass is 238 g/mol. The van der Waals surface area contributed by atoms with E-state index in [2.05, 4.69) is 0 Å². The summed E-state index contributed by atoms with van der Waals surface area (Å²) >= 11 is 0. The van der Waals surface area contributed by atoms with E-state index in [1.807, 2.05) is 0 Å². The molecule has 16 heavy (non-hydrogen) atoms. The summed E-state index contributed by atoms with van der Waals surface area (Å²) in [4.78, 5) is 1.37. The zero-order valence-corrected chi connectivity index (χ0v) is 9.76. The van der Waals surface area contributed by atoms with E-state index < -0.39 is 12.7 Å². The van der Waals surface area contributed by atoms with Crippen LogP contribution in [0.25, 0.3) is 0 Å². The van der Waals surface area contributed by atoms with Gasteiger partial charge in [0, 0.05) is 12.6 Å². The summed E-state index contributed by atoms with van der Waals surface area (Å²) in [6.45, 7) is -0.539. The van der Waals surface area contributed by atoms with Crippen LogP contribution >= 0.6 is 0 Å². The number of halogens is 3. The van der Waals surface area contributed by atoms with Crippen LogP contribution in [0.1, 0.15) is 32.1 Å². The third-order valence-electron chi connectivity index (χ3n) is 3.43. The largest absolute Gasteiger partial charge is 0.401 e. The first-order chi connectivity index (χ1) is 7.44. The zero-order chi connectivity index (χ0) is 12.2. The maximum Gasteiger partial charge on any atom is 0.401 e. The summed E-state index contributed by atoms with van der Waals surface area (Å²) in [6, 6.07) is -0.123. The Hall–Kier alpha value is -0.290. The van der Waals surface area contributed by atoms with E-state index in [1.54, 1.807) is 0 Å². The predicted octanol–water partition coefficient (Wildman–Crippen LogP) is 2.39. The van der Waals surface area contributed by atoms with Crippen molar-refractivity contribution >= 4 is 0 Å². The number of nitrogens with two attached hydrogens (primary N) is 1. The van der Waals surface area contributed by atoms with Gasteiger partial charge < -0.3 is 5.73 Å². The number of likely N-dealkylation sites (N-methyl/N-ethyl adjacent to an activating group) is 1. The fourth-order valence-corrected chi connectivity index (χ4v) is 2.65. The summed E-state index contributed by atoms with van der Waals surface area (Å²) < 4.78 is 36.9. The van der Waals surface area contributed by atoms with Crippen molar-refractivity contribution in [1.29, 1.82) is 0 Å². The van der Waals surface area contributed by atoms with Crippen LogP contribution < -0.4 is 5.73 Å². The molecule has 1 fully saturated rings. The SMILES string of the molecule is CN(CC(F)(F)F)C(CN)C1CCCCC1. The molecule has 0 aliphatic heterocycles. The van der Waals surface area contributed by atoms with Crippen LogP contribution in [-0.2, 0) is 0 Å². The molecule has 2 N–H and O–H groups in total. The van der Waals surface area contributed by atoms with Gasteiger partial charge in [-0.3, -0.25) is 4.90 Å². The Bertz CT molecular complexity index is 200. The normalized spacial score (nSPS) is 21.4. The van der Waals surface area contributed by atoms with Gasteiger partial charge in [0.2, 0.25) is 0 Å². The summed E-state index contributed by atoms with van der Waals surface area (Å²) in [5.41, 5.74) is 5.61. The van der Waals surface area contributed by atoms with Crippen molar-refractivity contribution in [1.82, 2.24) is 4.90 Å². The van der Waals surface area contributed by atoms with Crippen LogP contribution in [0.4, 0.5) is 13.2 Å². The highest BCUT2D eigenvalue weighted by Crippen LogP contribution is 2.29. The molecule has 0 heterocycles. The Morgan fingerprint density at radius 3 is 2.25 bits per heavy atom. The molecule has 1 aliphatic carbocycles. The van der Waals surface area contributed by atoms with Gasteiger partial charge in [0.25, 0.3) is 0 Å². The van der Waals surface area contributed by atoms with Crippen LogP contribution in [0.15, 0.2) is 0 Å². The molecule has 0 spiro atoms. The molecule has 1 saturated carbocycles. The van der Waals surface area contributed by atoms with Gasteiger partial charge in [0.1, 0.15) is 0 Å². The molecule has 5 heteroatoms. The third kappa shape index (κ3) is 4.29. The average Bonchev–Trinajstić information content (AvgIpc) is 2.17. The third-order valence-corrected chi connectivity index (χ3v) is 3.43. The van der Waals surface area contributed by atoms with Crippen LogP contribution in [0.3, 0.4) is 0 Å². The minimum Gasteiger partial charge on any atom is -0.329 e. The summed E-state index contributed by atoms with van der Waals surface area (Å²) in [5.74, 6) is 0.339. The maximum atomic E-state index is 12.3.